The molecular formula is C7H12O2Sn. The van der Waals surface area contributed by atoms with Crippen LogP contribution in [0.5, 0.6) is 0 Å². The van der Waals surface area contributed by atoms with Gasteiger partial charge in [-0.2, -0.15) is 0 Å². The van der Waals surface area contributed by atoms with Crippen molar-refractivity contribution in [3.8, 4) is 0 Å². The van der Waals surface area contributed by atoms with Gasteiger partial charge >= 0.3 is 65.2 Å². The second-order valence-electron chi connectivity index (χ2n) is 3.26. The third-order valence-corrected chi connectivity index (χ3v) is 6.14. The average molecular weight is 247 g/mol. The first-order valence-electron chi connectivity index (χ1n) is 3.28. The van der Waals surface area contributed by atoms with Crippen molar-refractivity contribution >= 4 is 18.4 Å². The van der Waals surface area contributed by atoms with Crippen LogP contribution in [-0.4, -0.2) is 18.4 Å². The summed E-state index contributed by atoms with van der Waals surface area (Å²) in [6, 6.07) is 0. The van der Waals surface area contributed by atoms with Gasteiger partial charge in [0.1, 0.15) is 0 Å². The number of hydrogen-bond acceptors (Lipinski definition) is 2. The third kappa shape index (κ3) is 1.94. The normalized spacial score (nSPS) is 17.3. The van der Waals surface area contributed by atoms with Crippen molar-refractivity contribution in [1.29, 1.82) is 0 Å². The van der Waals surface area contributed by atoms with Crippen LogP contribution in [0.4, 0.5) is 0 Å². The zero-order valence-electron chi connectivity index (χ0n) is 6.55. The van der Waals surface area contributed by atoms with E-state index in [1.807, 2.05) is 0 Å². The van der Waals surface area contributed by atoms with Crippen molar-refractivity contribution in [2.24, 2.45) is 0 Å². The van der Waals surface area contributed by atoms with Crippen molar-refractivity contribution in [3.63, 3.8) is 0 Å². The number of ether oxygens (including phenoxy) is 2. The van der Waals surface area contributed by atoms with Crippen LogP contribution in [0.15, 0.2) is 22.6 Å². The van der Waals surface area contributed by atoms with Crippen molar-refractivity contribution in [1.82, 2.24) is 0 Å². The molecule has 0 radical (unpaired) electrons. The van der Waals surface area contributed by atoms with E-state index < -0.39 is 18.4 Å². The van der Waals surface area contributed by atoms with Gasteiger partial charge in [0.05, 0.1) is 0 Å². The molecule has 1 aliphatic rings. The van der Waals surface area contributed by atoms with Gasteiger partial charge in [0.2, 0.25) is 0 Å². The topological polar surface area (TPSA) is 18.5 Å². The van der Waals surface area contributed by atoms with Crippen LogP contribution in [0.25, 0.3) is 0 Å². The molecule has 0 unspecified atom stereocenters. The van der Waals surface area contributed by atoms with Gasteiger partial charge in [0.15, 0.2) is 0 Å². The minimum absolute atomic E-state index is 1.07. The molecule has 0 saturated heterocycles. The molecule has 0 atom stereocenters. The molecule has 2 nitrogen and oxygen atoms in total. The van der Waals surface area contributed by atoms with Gasteiger partial charge in [-0.3, -0.25) is 0 Å². The van der Waals surface area contributed by atoms with Crippen molar-refractivity contribution in [3.05, 3.63) is 22.6 Å². The summed E-state index contributed by atoms with van der Waals surface area (Å²) in [5, 5.41) is 0. The molecule has 1 heterocycles. The van der Waals surface area contributed by atoms with Gasteiger partial charge in [-0.25, -0.2) is 0 Å². The SMILES string of the molecule is [CH3][Sn]([CH3])([CH3])[C]1=COC=CO1. The van der Waals surface area contributed by atoms with Gasteiger partial charge in [0.25, 0.3) is 0 Å². The van der Waals surface area contributed by atoms with Gasteiger partial charge in [-0.15, -0.1) is 0 Å². The Morgan fingerprint density at radius 1 is 1.20 bits per heavy atom. The fourth-order valence-corrected chi connectivity index (χ4v) is 3.02. The summed E-state index contributed by atoms with van der Waals surface area (Å²) in [6.45, 7) is 0. The molecular weight excluding hydrogens is 235 g/mol. The molecule has 3 heteroatoms. The van der Waals surface area contributed by atoms with Crippen molar-refractivity contribution in [2.45, 2.75) is 14.8 Å². The standard InChI is InChI=1S/C4H3O2.3CH3.Sn/c1-2-6-4-3-5-1;;;;/h1-3H;3*1H3;. The van der Waals surface area contributed by atoms with Crippen LogP contribution in [0.2, 0.25) is 14.8 Å². The molecule has 0 amide bonds. The molecule has 0 spiro atoms. The summed E-state index contributed by atoms with van der Waals surface area (Å²) < 4.78 is 11.4. The molecule has 0 aromatic carbocycles. The molecule has 1 aliphatic heterocycles. The summed E-state index contributed by atoms with van der Waals surface area (Å²) in [5.41, 5.74) is 0. The summed E-state index contributed by atoms with van der Waals surface area (Å²) >= 11 is -1.97. The Morgan fingerprint density at radius 3 is 2.20 bits per heavy atom. The fraction of sp³-hybridized carbons (Fsp3) is 0.429. The molecule has 0 aromatic rings. The number of rotatable bonds is 1. The second kappa shape index (κ2) is 2.86. The van der Waals surface area contributed by atoms with Crippen LogP contribution in [-0.2, 0) is 9.47 Å². The van der Waals surface area contributed by atoms with Crippen molar-refractivity contribution < 1.29 is 9.47 Å². The Hall–Kier alpha value is -0.121. The average Bonchev–Trinajstić information content (AvgIpc) is 1.88. The predicted molar refractivity (Wildman–Crippen MR) is 42.7 cm³/mol. The molecule has 0 aliphatic carbocycles. The first-order chi connectivity index (χ1) is 4.61. The first-order valence-corrected chi connectivity index (χ1v) is 13.3. The van der Waals surface area contributed by atoms with Crippen LogP contribution in [0, 0.1) is 0 Å². The van der Waals surface area contributed by atoms with Crippen LogP contribution < -0.4 is 0 Å². The molecule has 1 rings (SSSR count). The summed E-state index contributed by atoms with van der Waals surface area (Å²) in [6.07, 6.45) is 4.86. The quantitative estimate of drug-likeness (QED) is 0.661. The van der Waals surface area contributed by atoms with Crippen LogP contribution >= 0.6 is 0 Å². The maximum absolute atomic E-state index is 5.29. The van der Waals surface area contributed by atoms with E-state index in [-0.39, 0.29) is 0 Å². The van der Waals surface area contributed by atoms with Gasteiger partial charge in [0, 0.05) is 0 Å². The molecule has 56 valence electrons. The monoisotopic (exact) mass is 248 g/mol. The van der Waals surface area contributed by atoms with Crippen LogP contribution in [0.1, 0.15) is 0 Å². The van der Waals surface area contributed by atoms with Gasteiger partial charge < -0.3 is 0 Å². The summed E-state index contributed by atoms with van der Waals surface area (Å²) in [4.78, 5) is 6.84. The Morgan fingerprint density at radius 2 is 1.90 bits per heavy atom. The molecule has 0 N–H and O–H groups in total. The Balaban J connectivity index is 2.65. The van der Waals surface area contributed by atoms with Gasteiger partial charge in [-0.1, -0.05) is 0 Å². The minimum atomic E-state index is -1.97. The first kappa shape index (κ1) is 7.98. The predicted octanol–water partition coefficient (Wildman–Crippen LogP) is 2.22. The second-order valence-corrected chi connectivity index (χ2v) is 17.5. The molecule has 0 aromatic heterocycles. The maximum atomic E-state index is 5.29. The van der Waals surface area contributed by atoms with E-state index in [4.69, 9.17) is 9.47 Å². The number of hydrogen-bond donors (Lipinski definition) is 0. The Labute approximate surface area is 65.4 Å². The van der Waals surface area contributed by atoms with E-state index in [0.717, 1.165) is 3.78 Å². The molecule has 0 fully saturated rings. The Bertz CT molecular complexity index is 177. The zero-order valence-corrected chi connectivity index (χ0v) is 9.40. The molecule has 0 bridgehead atoms. The van der Waals surface area contributed by atoms with E-state index in [9.17, 15) is 0 Å². The van der Waals surface area contributed by atoms with Crippen molar-refractivity contribution in [2.75, 3.05) is 0 Å². The molecule has 10 heavy (non-hydrogen) atoms. The van der Waals surface area contributed by atoms with Gasteiger partial charge in [-0.05, 0) is 0 Å². The van der Waals surface area contributed by atoms with E-state index in [0.29, 0.717) is 0 Å². The van der Waals surface area contributed by atoms with Crippen LogP contribution in [0.3, 0.4) is 0 Å². The zero-order chi connectivity index (χ0) is 7.61. The van der Waals surface area contributed by atoms with E-state index in [1.54, 1.807) is 18.8 Å². The van der Waals surface area contributed by atoms with E-state index in [1.165, 1.54) is 0 Å². The summed E-state index contributed by atoms with van der Waals surface area (Å²) in [7, 11) is 0. The third-order valence-electron chi connectivity index (χ3n) is 1.24. The van der Waals surface area contributed by atoms with E-state index >= 15 is 0 Å². The Kier molecular flexibility index (Phi) is 2.28. The van der Waals surface area contributed by atoms with E-state index in [2.05, 4.69) is 14.8 Å². The fourth-order valence-electron chi connectivity index (χ4n) is 0.616. The molecule has 0 saturated carbocycles. The summed E-state index contributed by atoms with van der Waals surface area (Å²) in [5.74, 6) is 0.